The lowest BCUT2D eigenvalue weighted by Crippen LogP contribution is -2.30. The van der Waals surface area contributed by atoms with E-state index in [1.54, 1.807) is 0 Å². The van der Waals surface area contributed by atoms with Crippen molar-refractivity contribution < 1.29 is 80.2 Å². The van der Waals surface area contributed by atoms with Gasteiger partial charge in [0.05, 0.1) is 26.4 Å². The second-order valence-electron chi connectivity index (χ2n) is 25.9. The molecule has 106 heavy (non-hydrogen) atoms. The summed E-state index contributed by atoms with van der Waals surface area (Å²) in [5, 5.41) is 10.6. The van der Waals surface area contributed by atoms with E-state index in [9.17, 15) is 43.2 Å². The van der Waals surface area contributed by atoms with Crippen LogP contribution >= 0.6 is 15.6 Å². The van der Waals surface area contributed by atoms with Crippen LogP contribution in [0.15, 0.2) is 182 Å². The number of hydrogen-bond acceptors (Lipinski definition) is 15. The lowest BCUT2D eigenvalue weighted by Gasteiger charge is -2.21. The molecule has 0 aromatic carbocycles. The molecule has 0 aliphatic rings. The van der Waals surface area contributed by atoms with Crippen LogP contribution in [0.1, 0.15) is 285 Å². The first-order valence-corrected chi connectivity index (χ1v) is 43.0. The standard InChI is InChI=1S/C87H140O17P2/c1-5-9-13-17-21-25-29-32-35-38-40-43-45-48-52-55-59-63-67-71-84(89)97-77-82(103-86(91)73-69-65-61-57-51-28-24-20-16-12-8-4)79-101-105(93,94)99-75-81(88)76-100-106(95,96)102-80-83(104-87(92)74-70-66-62-58-54-50-47-42-37-34-31-27-23-19-15-11-7-3)78-98-85(90)72-68-64-60-56-53-49-46-44-41-39-36-33-30-26-22-18-14-10-6-2/h9-11,13-15,20-27,32-37,40-41,43-44,47-50,52-53,81-83,88H,5-8,12,16-19,28-31,38-39,42,45-46,51,54-80H2,1-4H3,(H,93,94)(H,95,96)/b13-9-,14-10-,15-11-,24-20-,25-21-,26-22-,27-23-,35-32-,36-33-,37-34-,43-40-,44-41-,50-47-,52-48-,53-49-. The molecule has 0 saturated heterocycles. The fourth-order valence-electron chi connectivity index (χ4n) is 9.83. The van der Waals surface area contributed by atoms with Gasteiger partial charge in [0.25, 0.3) is 0 Å². The molecule has 5 unspecified atom stereocenters. The highest BCUT2D eigenvalue weighted by Crippen LogP contribution is 2.45. The van der Waals surface area contributed by atoms with Crippen LogP contribution in [0.3, 0.4) is 0 Å². The third-order valence-corrected chi connectivity index (χ3v) is 17.7. The van der Waals surface area contributed by atoms with E-state index in [1.165, 1.54) is 12.8 Å². The first-order valence-electron chi connectivity index (χ1n) is 40.0. The smallest absolute Gasteiger partial charge is 0.462 e. The van der Waals surface area contributed by atoms with Crippen LogP contribution < -0.4 is 0 Å². The predicted molar refractivity (Wildman–Crippen MR) is 436 cm³/mol. The quantitative estimate of drug-likeness (QED) is 0.0169. The van der Waals surface area contributed by atoms with E-state index in [0.717, 1.165) is 193 Å². The number of esters is 4. The van der Waals surface area contributed by atoms with Gasteiger partial charge in [-0.25, -0.2) is 9.13 Å². The van der Waals surface area contributed by atoms with Crippen LogP contribution in [0.5, 0.6) is 0 Å². The van der Waals surface area contributed by atoms with E-state index in [0.29, 0.717) is 25.7 Å². The number of ether oxygens (including phenoxy) is 4. The Morgan fingerprint density at radius 3 is 0.774 bits per heavy atom. The molecule has 0 spiro atoms. The summed E-state index contributed by atoms with van der Waals surface area (Å²) >= 11 is 0. The first-order chi connectivity index (χ1) is 51.7. The minimum absolute atomic E-state index is 0.0514. The van der Waals surface area contributed by atoms with E-state index in [2.05, 4.69) is 210 Å². The van der Waals surface area contributed by atoms with Crippen molar-refractivity contribution in [3.05, 3.63) is 182 Å². The average Bonchev–Trinajstić information content (AvgIpc) is 0.919. The highest BCUT2D eigenvalue weighted by atomic mass is 31.2. The van der Waals surface area contributed by atoms with Crippen molar-refractivity contribution in [1.29, 1.82) is 0 Å². The van der Waals surface area contributed by atoms with Gasteiger partial charge in [-0.3, -0.25) is 37.3 Å². The molecule has 17 nitrogen and oxygen atoms in total. The largest absolute Gasteiger partial charge is 0.472 e. The molecule has 0 fully saturated rings. The number of phosphoric ester groups is 2. The summed E-state index contributed by atoms with van der Waals surface area (Å²) in [4.78, 5) is 73.0. The summed E-state index contributed by atoms with van der Waals surface area (Å²) in [5.74, 6) is -2.30. The fourth-order valence-corrected chi connectivity index (χ4v) is 11.4. The topological polar surface area (TPSA) is 237 Å². The molecule has 3 N–H and O–H groups in total. The van der Waals surface area contributed by atoms with Gasteiger partial charge in [-0.15, -0.1) is 0 Å². The number of allylic oxidation sites excluding steroid dienone is 30. The third kappa shape index (κ3) is 76.4. The zero-order valence-electron chi connectivity index (χ0n) is 65.5. The zero-order chi connectivity index (χ0) is 77.4. The van der Waals surface area contributed by atoms with Gasteiger partial charge >= 0.3 is 39.5 Å². The molecule has 0 bridgehead atoms. The number of phosphoric acid groups is 2. The summed E-state index contributed by atoms with van der Waals surface area (Å²) < 4.78 is 68.5. The Morgan fingerprint density at radius 1 is 0.274 bits per heavy atom. The summed E-state index contributed by atoms with van der Waals surface area (Å²) in [6.45, 7) is 4.36. The molecule has 0 saturated carbocycles. The van der Waals surface area contributed by atoms with Gasteiger partial charge < -0.3 is 33.8 Å². The third-order valence-electron chi connectivity index (χ3n) is 15.8. The van der Waals surface area contributed by atoms with Gasteiger partial charge in [0.2, 0.25) is 0 Å². The number of hydrogen-bond donors (Lipinski definition) is 3. The molecule has 600 valence electrons. The van der Waals surface area contributed by atoms with Crippen molar-refractivity contribution in [3.63, 3.8) is 0 Å². The highest BCUT2D eigenvalue weighted by molar-refractivity contribution is 7.47. The van der Waals surface area contributed by atoms with Crippen molar-refractivity contribution in [2.24, 2.45) is 0 Å². The predicted octanol–water partition coefficient (Wildman–Crippen LogP) is 23.6. The molecule has 0 aliphatic heterocycles. The fraction of sp³-hybridized carbons (Fsp3) is 0.609. The SMILES string of the molecule is CC/C=C\C/C=C\C/C=C\C/C=C\C/C=C\CCCCCC(=O)OCC(COP(=O)(O)OCC(O)COP(=O)(O)OCC(COC(=O)CCCCC/C=C\C/C=C\C/C=C\C/C=C\C/C=C\CC)OC(=O)CCCCCCC/C=C\CCCC)OC(=O)CCCCCC/C=C\C/C=C\C/C=C\C/C=C\CC. The minimum atomic E-state index is -5.00. The number of aliphatic hydroxyl groups excluding tert-OH is 1. The Balaban J connectivity index is 5.44. The molecule has 0 amide bonds. The van der Waals surface area contributed by atoms with Gasteiger partial charge in [0.15, 0.2) is 12.2 Å². The molecule has 0 aromatic rings. The van der Waals surface area contributed by atoms with Crippen molar-refractivity contribution in [2.75, 3.05) is 39.6 Å². The van der Waals surface area contributed by atoms with Crippen LogP contribution in [0, 0.1) is 0 Å². The first kappa shape index (κ1) is 100. The maximum Gasteiger partial charge on any atom is 0.472 e. The van der Waals surface area contributed by atoms with Crippen LogP contribution in [-0.4, -0.2) is 96.7 Å². The van der Waals surface area contributed by atoms with Crippen molar-refractivity contribution in [1.82, 2.24) is 0 Å². The molecule has 19 heteroatoms. The highest BCUT2D eigenvalue weighted by Gasteiger charge is 2.30. The molecule has 0 aromatic heterocycles. The second-order valence-corrected chi connectivity index (χ2v) is 28.8. The zero-order valence-corrected chi connectivity index (χ0v) is 67.3. The molecule has 0 heterocycles. The Labute approximate surface area is 641 Å². The Kier molecular flexibility index (Phi) is 73.1. The summed E-state index contributed by atoms with van der Waals surface area (Å²) in [5.41, 5.74) is 0. The van der Waals surface area contributed by atoms with Crippen molar-refractivity contribution in [2.45, 2.75) is 303 Å². The van der Waals surface area contributed by atoms with Gasteiger partial charge in [-0.2, -0.15) is 0 Å². The normalized spacial score (nSPS) is 14.8. The monoisotopic (exact) mass is 1520 g/mol. The maximum absolute atomic E-state index is 13.1. The van der Waals surface area contributed by atoms with E-state index < -0.39 is 97.5 Å². The minimum Gasteiger partial charge on any atom is -0.462 e. The summed E-state index contributed by atoms with van der Waals surface area (Å²) in [7, 11) is -10.0. The van der Waals surface area contributed by atoms with Gasteiger partial charge in [0, 0.05) is 25.7 Å². The Hall–Kier alpha value is -5.84. The molecular formula is C87H140O17P2. The van der Waals surface area contributed by atoms with Gasteiger partial charge in [0.1, 0.15) is 19.3 Å². The maximum atomic E-state index is 13.1. The molecular weight excluding hydrogens is 1380 g/mol. The number of aliphatic hydroxyl groups is 1. The molecule has 0 aliphatic carbocycles. The Bertz CT molecular complexity index is 2730. The van der Waals surface area contributed by atoms with Gasteiger partial charge in [-0.05, 0) is 173 Å². The Morgan fingerprint density at radius 2 is 0.491 bits per heavy atom. The average molecular weight is 1520 g/mol. The lowest BCUT2D eigenvalue weighted by molar-refractivity contribution is -0.161. The molecule has 0 rings (SSSR count). The van der Waals surface area contributed by atoms with E-state index >= 15 is 0 Å². The van der Waals surface area contributed by atoms with Crippen LogP contribution in [0.2, 0.25) is 0 Å². The van der Waals surface area contributed by atoms with Crippen molar-refractivity contribution in [3.8, 4) is 0 Å². The van der Waals surface area contributed by atoms with E-state index in [1.807, 2.05) is 0 Å². The van der Waals surface area contributed by atoms with E-state index in [-0.39, 0.29) is 25.7 Å². The summed E-state index contributed by atoms with van der Waals surface area (Å²) in [6.07, 6.45) is 93.1. The second kappa shape index (κ2) is 77.3. The van der Waals surface area contributed by atoms with Crippen LogP contribution in [0.25, 0.3) is 0 Å². The lowest BCUT2D eigenvalue weighted by atomic mass is 10.1. The van der Waals surface area contributed by atoms with Gasteiger partial charge in [-0.1, -0.05) is 268 Å². The summed E-state index contributed by atoms with van der Waals surface area (Å²) in [6, 6.07) is 0. The number of carbonyl (C=O) groups excluding carboxylic acids is 4. The number of unbranched alkanes of at least 4 members (excludes halogenated alkanes) is 17. The van der Waals surface area contributed by atoms with Crippen molar-refractivity contribution >= 4 is 39.5 Å². The van der Waals surface area contributed by atoms with Crippen LogP contribution in [-0.2, 0) is 65.4 Å². The molecule has 5 atom stereocenters. The number of carbonyl (C=O) groups is 4. The molecule has 0 radical (unpaired) electrons. The number of rotatable bonds is 73. The van der Waals surface area contributed by atoms with Crippen LogP contribution in [0.4, 0.5) is 0 Å². The van der Waals surface area contributed by atoms with E-state index in [4.69, 9.17) is 37.0 Å².